The quantitative estimate of drug-likeness (QED) is 0.165. The van der Waals surface area contributed by atoms with Crippen LogP contribution < -0.4 is 5.73 Å². The number of fused-ring (bicyclic) bond motifs is 4. The van der Waals surface area contributed by atoms with Crippen molar-refractivity contribution < 1.29 is 0 Å². The lowest BCUT2D eigenvalue weighted by molar-refractivity contribution is 0.303. The molecule has 4 nitrogen and oxygen atoms in total. The van der Waals surface area contributed by atoms with E-state index in [0.717, 1.165) is 32.1 Å². The summed E-state index contributed by atoms with van der Waals surface area (Å²) >= 11 is 0. The third-order valence-electron chi connectivity index (χ3n) is 12.5. The molecule has 0 spiro atoms. The minimum Gasteiger partial charge on any atom is -0.405 e. The fourth-order valence-corrected chi connectivity index (χ4v) is 9.61. The van der Waals surface area contributed by atoms with Gasteiger partial charge in [-0.25, -0.2) is 0 Å². The normalized spacial score (nSPS) is 23.5. The van der Waals surface area contributed by atoms with E-state index in [1.54, 1.807) is 6.20 Å². The molecule has 0 fully saturated rings. The summed E-state index contributed by atoms with van der Waals surface area (Å²) in [6, 6.07) is 36.1. The molecule has 0 amide bonds. The van der Waals surface area contributed by atoms with E-state index in [4.69, 9.17) is 5.73 Å². The van der Waals surface area contributed by atoms with Crippen LogP contribution in [0.5, 0.6) is 0 Å². The van der Waals surface area contributed by atoms with Gasteiger partial charge in [-0.2, -0.15) is 0 Å². The summed E-state index contributed by atoms with van der Waals surface area (Å²) in [5.41, 5.74) is 20.5. The first-order valence-electron chi connectivity index (χ1n) is 20.0. The van der Waals surface area contributed by atoms with Crippen LogP contribution in [-0.2, 0) is 12.8 Å². The third kappa shape index (κ3) is 6.24. The number of hydrogen-bond donors (Lipinski definition) is 1. The van der Waals surface area contributed by atoms with Crippen LogP contribution >= 0.6 is 0 Å². The molecule has 4 atom stereocenters. The molecule has 5 aromatic rings. The van der Waals surface area contributed by atoms with Crippen molar-refractivity contribution in [3.8, 4) is 5.69 Å². The molecule has 4 heteroatoms. The van der Waals surface area contributed by atoms with Crippen molar-refractivity contribution in [3.63, 3.8) is 0 Å². The van der Waals surface area contributed by atoms with Crippen LogP contribution in [0.4, 0.5) is 0 Å². The average Bonchev–Trinajstić information content (AvgIpc) is 3.68. The van der Waals surface area contributed by atoms with Crippen LogP contribution in [0.2, 0.25) is 0 Å². The van der Waals surface area contributed by atoms with E-state index in [-0.39, 0.29) is 11.5 Å². The van der Waals surface area contributed by atoms with E-state index in [0.29, 0.717) is 11.8 Å². The van der Waals surface area contributed by atoms with E-state index in [1.807, 2.05) is 6.20 Å². The fraction of sp³-hybridized carbons (Fsp3) is 0.235. The van der Waals surface area contributed by atoms with Crippen molar-refractivity contribution in [2.24, 2.45) is 22.1 Å². The number of para-hydroxylation sites is 2. The van der Waals surface area contributed by atoms with Gasteiger partial charge >= 0.3 is 0 Å². The topological polar surface area (TPSA) is 46.5 Å². The maximum absolute atomic E-state index is 5.99. The summed E-state index contributed by atoms with van der Waals surface area (Å²) in [6.45, 7) is 6.93. The van der Waals surface area contributed by atoms with Gasteiger partial charge in [-0.3, -0.25) is 4.99 Å². The first kappa shape index (κ1) is 34.9. The van der Waals surface area contributed by atoms with Crippen molar-refractivity contribution in [3.05, 3.63) is 197 Å². The predicted octanol–water partition coefficient (Wildman–Crippen LogP) is 11.8. The molecule has 0 bridgehead atoms. The Morgan fingerprint density at radius 1 is 0.836 bits per heavy atom. The molecule has 9 rings (SSSR count). The molecular weight excluding hydrogens is 669 g/mol. The Kier molecular flexibility index (Phi) is 9.14. The summed E-state index contributed by atoms with van der Waals surface area (Å²) in [5, 5.41) is 2.59. The van der Waals surface area contributed by atoms with Crippen LogP contribution in [0.3, 0.4) is 0 Å². The Balaban J connectivity index is 0.845. The molecule has 0 saturated heterocycles. The van der Waals surface area contributed by atoms with Gasteiger partial charge in [0.1, 0.15) is 0 Å². The minimum absolute atomic E-state index is 0.124. The summed E-state index contributed by atoms with van der Waals surface area (Å²) in [4.78, 5) is 7.07. The first-order valence-corrected chi connectivity index (χ1v) is 20.0. The van der Waals surface area contributed by atoms with Gasteiger partial charge in [-0.15, -0.1) is 0 Å². The van der Waals surface area contributed by atoms with Crippen LogP contribution in [0.25, 0.3) is 27.5 Å². The molecule has 1 aromatic heterocycles. The summed E-state index contributed by atoms with van der Waals surface area (Å²) < 4.78 is 2.38. The first-order chi connectivity index (χ1) is 26.9. The second kappa shape index (κ2) is 14.4. The largest absolute Gasteiger partial charge is 0.405 e. The second-order valence-electron chi connectivity index (χ2n) is 15.9. The lowest BCUT2D eigenvalue weighted by Crippen LogP contribution is -2.41. The van der Waals surface area contributed by atoms with Gasteiger partial charge in [0.25, 0.3) is 0 Å². The highest BCUT2D eigenvalue weighted by Gasteiger charge is 2.48. The van der Waals surface area contributed by atoms with Gasteiger partial charge in [0.05, 0.1) is 22.5 Å². The minimum atomic E-state index is -0.124. The van der Waals surface area contributed by atoms with Crippen LogP contribution in [-0.4, -0.2) is 21.7 Å². The van der Waals surface area contributed by atoms with Crippen LogP contribution in [0, 0.1) is 11.3 Å². The number of allylic oxidation sites excluding steroid dienone is 9. The molecule has 3 heterocycles. The molecule has 274 valence electrons. The number of benzene rings is 4. The fourth-order valence-electron chi connectivity index (χ4n) is 9.61. The monoisotopic (exact) mass is 718 g/mol. The molecule has 4 aliphatic rings. The molecule has 2 aliphatic carbocycles. The van der Waals surface area contributed by atoms with Gasteiger partial charge in [-0.1, -0.05) is 117 Å². The molecule has 2 N–H and O–H groups in total. The average molecular weight is 719 g/mol. The van der Waals surface area contributed by atoms with Crippen LogP contribution in [0.1, 0.15) is 62.6 Å². The van der Waals surface area contributed by atoms with E-state index in [2.05, 4.69) is 181 Å². The molecule has 0 radical (unpaired) electrons. The van der Waals surface area contributed by atoms with Crippen molar-refractivity contribution in [2.75, 3.05) is 0 Å². The van der Waals surface area contributed by atoms with Crippen molar-refractivity contribution >= 4 is 28.0 Å². The Labute approximate surface area is 325 Å². The zero-order valence-electron chi connectivity index (χ0n) is 32.2. The number of hydrogen-bond acceptors (Lipinski definition) is 3. The Hall–Kier alpha value is -5.87. The van der Waals surface area contributed by atoms with E-state index in [1.165, 1.54) is 72.3 Å². The van der Waals surface area contributed by atoms with Gasteiger partial charge in [0, 0.05) is 46.2 Å². The number of nitrogens with zero attached hydrogens (tertiary/aromatic N) is 3. The Morgan fingerprint density at radius 2 is 1.53 bits per heavy atom. The Morgan fingerprint density at radius 3 is 2.18 bits per heavy atom. The molecule has 0 saturated carbocycles. The summed E-state index contributed by atoms with van der Waals surface area (Å²) in [5.74, 6) is 0.868. The standard InChI is InChI=1S/C51H50N4/c1-4-46-49(27-29-52)55(50-28-30-53-34-51(46,50)3)43-26-23-41(35(2)31-43)33-38-15-21-40(22-16-38)39-19-13-36(14-20-39)32-37-17-24-42(25-18-37)54-47-11-7-5-9-44(47)45-10-6-8-12-48(45)54/h5-19,21-30,34-35,39,50H,4,20,31-33,52H2,1-3H3/b29-27-. The van der Waals surface area contributed by atoms with Crippen LogP contribution in [0.15, 0.2) is 185 Å². The second-order valence-corrected chi connectivity index (χ2v) is 15.9. The molecule has 2 aliphatic heterocycles. The summed E-state index contributed by atoms with van der Waals surface area (Å²) in [7, 11) is 0. The summed E-state index contributed by atoms with van der Waals surface area (Å²) in [6.07, 6.45) is 26.9. The van der Waals surface area contributed by atoms with E-state index in [9.17, 15) is 0 Å². The van der Waals surface area contributed by atoms with Crippen molar-refractivity contribution in [1.82, 2.24) is 9.47 Å². The van der Waals surface area contributed by atoms with Crippen molar-refractivity contribution in [1.29, 1.82) is 0 Å². The molecular formula is C51H50N4. The highest BCUT2D eigenvalue weighted by molar-refractivity contribution is 6.09. The molecule has 4 aromatic carbocycles. The van der Waals surface area contributed by atoms with Gasteiger partial charge in [-0.05, 0) is 121 Å². The number of aliphatic imine (C=N–C) groups is 1. The van der Waals surface area contributed by atoms with Gasteiger partial charge in [0.2, 0.25) is 0 Å². The maximum atomic E-state index is 5.99. The molecule has 55 heavy (non-hydrogen) atoms. The zero-order valence-corrected chi connectivity index (χ0v) is 32.2. The highest BCUT2D eigenvalue weighted by atomic mass is 15.2. The Bertz CT molecular complexity index is 2460. The predicted molar refractivity (Wildman–Crippen MR) is 231 cm³/mol. The SMILES string of the molecule is CCC1=C(/C=C\N)N(C2=CC=C(Cc3ccc(C4C=CC(Cc5ccc(-n6c7ccccc7c7ccccc76)cc5)=CC4)cc3)C(C)C2)C2C=CN=CC12C. The highest BCUT2D eigenvalue weighted by Crippen LogP contribution is 2.50. The van der Waals surface area contributed by atoms with Crippen molar-refractivity contribution in [2.45, 2.75) is 64.8 Å². The molecule has 4 unspecified atom stereocenters. The number of aromatic nitrogens is 1. The number of rotatable bonds is 9. The maximum Gasteiger partial charge on any atom is 0.0678 e. The zero-order chi connectivity index (χ0) is 37.5. The van der Waals surface area contributed by atoms with Gasteiger partial charge < -0.3 is 15.2 Å². The van der Waals surface area contributed by atoms with Gasteiger partial charge in [0.15, 0.2) is 0 Å². The van der Waals surface area contributed by atoms with E-state index >= 15 is 0 Å². The lowest BCUT2D eigenvalue weighted by atomic mass is 9.76. The van der Waals surface area contributed by atoms with E-state index < -0.39 is 0 Å². The number of nitrogens with two attached hydrogens (primary N) is 1. The lowest BCUT2D eigenvalue weighted by Gasteiger charge is -2.38. The smallest absolute Gasteiger partial charge is 0.0678 e. The third-order valence-corrected chi connectivity index (χ3v) is 12.5.